The van der Waals surface area contributed by atoms with E-state index in [1.54, 1.807) is 0 Å². The van der Waals surface area contributed by atoms with Crippen LogP contribution in [0.5, 0.6) is 0 Å². The molecule has 4 nitrogen and oxygen atoms in total. The summed E-state index contributed by atoms with van der Waals surface area (Å²) in [5, 5.41) is 12.1. The SMILES string of the molecule is Cc1ccc(C)c(NC(=O)[C@H]2CC(C)C[C@H]2C(=O)O)c1. The fourth-order valence-electron chi connectivity index (χ4n) is 2.95. The molecule has 2 rings (SSSR count). The smallest absolute Gasteiger partial charge is 0.307 e. The number of aryl methyl sites for hydroxylation is 2. The van der Waals surface area contributed by atoms with Crippen molar-refractivity contribution in [2.75, 3.05) is 5.32 Å². The van der Waals surface area contributed by atoms with Gasteiger partial charge in [0, 0.05) is 5.69 Å². The van der Waals surface area contributed by atoms with Crippen molar-refractivity contribution in [3.63, 3.8) is 0 Å². The molecule has 3 atom stereocenters. The van der Waals surface area contributed by atoms with Gasteiger partial charge in [-0.15, -0.1) is 0 Å². The van der Waals surface area contributed by atoms with Crippen molar-refractivity contribution in [2.24, 2.45) is 17.8 Å². The average molecular weight is 275 g/mol. The van der Waals surface area contributed by atoms with Gasteiger partial charge >= 0.3 is 5.97 Å². The average Bonchev–Trinajstić information content (AvgIpc) is 2.76. The topological polar surface area (TPSA) is 66.4 Å². The Hall–Kier alpha value is -1.84. The van der Waals surface area contributed by atoms with Crippen LogP contribution in [0.4, 0.5) is 5.69 Å². The quantitative estimate of drug-likeness (QED) is 0.891. The van der Waals surface area contributed by atoms with Crippen molar-refractivity contribution in [1.82, 2.24) is 0 Å². The van der Waals surface area contributed by atoms with E-state index in [9.17, 15) is 14.7 Å². The second-order valence-corrected chi connectivity index (χ2v) is 5.94. The number of carbonyl (C=O) groups is 2. The number of rotatable bonds is 3. The van der Waals surface area contributed by atoms with Gasteiger partial charge in [0.05, 0.1) is 11.8 Å². The molecule has 1 aromatic carbocycles. The maximum Gasteiger partial charge on any atom is 0.307 e. The highest BCUT2D eigenvalue weighted by atomic mass is 16.4. The van der Waals surface area contributed by atoms with E-state index in [2.05, 4.69) is 5.32 Å². The summed E-state index contributed by atoms with van der Waals surface area (Å²) in [7, 11) is 0. The molecule has 4 heteroatoms. The highest BCUT2D eigenvalue weighted by molar-refractivity contribution is 5.96. The molecule has 0 bridgehead atoms. The highest BCUT2D eigenvalue weighted by Crippen LogP contribution is 2.37. The lowest BCUT2D eigenvalue weighted by atomic mass is 9.95. The number of hydrogen-bond acceptors (Lipinski definition) is 2. The number of hydrogen-bond donors (Lipinski definition) is 2. The number of aliphatic carboxylic acids is 1. The molecule has 2 N–H and O–H groups in total. The highest BCUT2D eigenvalue weighted by Gasteiger charge is 2.41. The lowest BCUT2D eigenvalue weighted by molar-refractivity contribution is -0.145. The van der Waals surface area contributed by atoms with Gasteiger partial charge in [0.1, 0.15) is 0 Å². The Balaban J connectivity index is 2.15. The predicted molar refractivity (Wildman–Crippen MR) is 77.6 cm³/mol. The van der Waals surface area contributed by atoms with Crippen LogP contribution in [0, 0.1) is 31.6 Å². The Morgan fingerprint density at radius 1 is 1.20 bits per heavy atom. The summed E-state index contributed by atoms with van der Waals surface area (Å²) in [6.07, 6.45) is 1.23. The third-order valence-corrected chi connectivity index (χ3v) is 4.10. The molecular weight excluding hydrogens is 254 g/mol. The van der Waals surface area contributed by atoms with Gasteiger partial charge in [-0.05, 0) is 49.8 Å². The maximum atomic E-state index is 12.4. The fraction of sp³-hybridized carbons (Fsp3) is 0.500. The summed E-state index contributed by atoms with van der Waals surface area (Å²) >= 11 is 0. The zero-order valence-corrected chi connectivity index (χ0v) is 12.1. The van der Waals surface area contributed by atoms with Crippen molar-refractivity contribution in [3.05, 3.63) is 29.3 Å². The van der Waals surface area contributed by atoms with Gasteiger partial charge in [0.2, 0.25) is 5.91 Å². The Morgan fingerprint density at radius 2 is 1.85 bits per heavy atom. The van der Waals surface area contributed by atoms with E-state index >= 15 is 0 Å². The summed E-state index contributed by atoms with van der Waals surface area (Å²) < 4.78 is 0. The summed E-state index contributed by atoms with van der Waals surface area (Å²) in [5.74, 6) is -1.74. The van der Waals surface area contributed by atoms with Gasteiger partial charge in [0.15, 0.2) is 0 Å². The zero-order chi connectivity index (χ0) is 14.9. The molecule has 1 unspecified atom stereocenters. The van der Waals surface area contributed by atoms with Gasteiger partial charge in [-0.2, -0.15) is 0 Å². The molecule has 0 aliphatic heterocycles. The molecular formula is C16H21NO3. The molecule has 0 spiro atoms. The summed E-state index contributed by atoms with van der Waals surface area (Å²) in [6, 6.07) is 5.86. The summed E-state index contributed by atoms with van der Waals surface area (Å²) in [5.41, 5.74) is 2.83. The first kappa shape index (κ1) is 14.6. The van der Waals surface area contributed by atoms with E-state index in [0.29, 0.717) is 12.8 Å². The fourth-order valence-corrected chi connectivity index (χ4v) is 2.95. The van der Waals surface area contributed by atoms with Crippen molar-refractivity contribution in [1.29, 1.82) is 0 Å². The Labute approximate surface area is 119 Å². The number of benzene rings is 1. The van der Waals surface area contributed by atoms with Gasteiger partial charge in [0.25, 0.3) is 0 Å². The molecule has 20 heavy (non-hydrogen) atoms. The van der Waals surface area contributed by atoms with E-state index in [-0.39, 0.29) is 11.8 Å². The lowest BCUT2D eigenvalue weighted by Crippen LogP contribution is -2.30. The minimum absolute atomic E-state index is 0.171. The monoisotopic (exact) mass is 275 g/mol. The normalized spacial score (nSPS) is 25.4. The maximum absolute atomic E-state index is 12.4. The lowest BCUT2D eigenvalue weighted by Gasteiger charge is -2.17. The van der Waals surface area contributed by atoms with Crippen molar-refractivity contribution >= 4 is 17.6 Å². The number of carboxylic acid groups (broad SMARTS) is 1. The van der Waals surface area contributed by atoms with E-state index in [4.69, 9.17) is 0 Å². The molecule has 0 heterocycles. The van der Waals surface area contributed by atoms with Gasteiger partial charge < -0.3 is 10.4 Å². The van der Waals surface area contributed by atoms with Crippen LogP contribution in [0.15, 0.2) is 18.2 Å². The minimum atomic E-state index is -0.865. The van der Waals surface area contributed by atoms with Crippen molar-refractivity contribution in [2.45, 2.75) is 33.6 Å². The molecule has 1 aromatic rings. The van der Waals surface area contributed by atoms with Gasteiger partial charge in [-0.1, -0.05) is 19.1 Å². The molecule has 0 saturated heterocycles. The third-order valence-electron chi connectivity index (χ3n) is 4.10. The molecule has 1 aliphatic rings. The Kier molecular flexibility index (Phi) is 4.12. The standard InChI is InChI=1S/C16H21NO3/c1-9-4-5-11(3)14(8-9)17-15(18)12-6-10(2)7-13(12)16(19)20/h4-5,8,10,12-13H,6-7H2,1-3H3,(H,17,18)(H,19,20)/t10?,12-,13+/m0/s1. The molecule has 108 valence electrons. The number of carbonyl (C=O) groups excluding carboxylic acids is 1. The first-order valence-electron chi connectivity index (χ1n) is 6.99. The Morgan fingerprint density at radius 3 is 2.50 bits per heavy atom. The molecule has 1 aliphatic carbocycles. The van der Waals surface area contributed by atoms with Crippen LogP contribution in [0.1, 0.15) is 30.9 Å². The predicted octanol–water partition coefficient (Wildman–Crippen LogP) is 2.99. The summed E-state index contributed by atoms with van der Waals surface area (Å²) in [6.45, 7) is 5.90. The zero-order valence-electron chi connectivity index (χ0n) is 12.1. The van der Waals surface area contributed by atoms with E-state index in [1.807, 2.05) is 39.0 Å². The Bertz CT molecular complexity index is 539. The molecule has 1 saturated carbocycles. The number of amides is 1. The number of anilines is 1. The first-order chi connectivity index (χ1) is 9.38. The van der Waals surface area contributed by atoms with Crippen LogP contribution in [0.3, 0.4) is 0 Å². The second-order valence-electron chi connectivity index (χ2n) is 5.94. The largest absolute Gasteiger partial charge is 0.481 e. The van der Waals surface area contributed by atoms with Crippen LogP contribution in [0.25, 0.3) is 0 Å². The van der Waals surface area contributed by atoms with Crippen LogP contribution in [-0.4, -0.2) is 17.0 Å². The first-order valence-corrected chi connectivity index (χ1v) is 6.99. The second kappa shape index (κ2) is 5.65. The van der Waals surface area contributed by atoms with Crippen LogP contribution >= 0.6 is 0 Å². The van der Waals surface area contributed by atoms with Crippen LogP contribution in [0.2, 0.25) is 0 Å². The van der Waals surface area contributed by atoms with Gasteiger partial charge in [-0.25, -0.2) is 0 Å². The molecule has 1 fully saturated rings. The molecule has 1 amide bonds. The van der Waals surface area contributed by atoms with Gasteiger partial charge in [-0.3, -0.25) is 9.59 Å². The van der Waals surface area contributed by atoms with E-state index in [1.165, 1.54) is 0 Å². The van der Waals surface area contributed by atoms with Crippen LogP contribution in [-0.2, 0) is 9.59 Å². The van der Waals surface area contributed by atoms with E-state index in [0.717, 1.165) is 16.8 Å². The molecule has 0 radical (unpaired) electrons. The minimum Gasteiger partial charge on any atom is -0.481 e. The summed E-state index contributed by atoms with van der Waals surface area (Å²) in [4.78, 5) is 23.6. The van der Waals surface area contributed by atoms with Crippen molar-refractivity contribution < 1.29 is 14.7 Å². The number of nitrogens with one attached hydrogen (secondary N) is 1. The van der Waals surface area contributed by atoms with Crippen LogP contribution < -0.4 is 5.32 Å². The number of carboxylic acids is 1. The molecule has 0 aromatic heterocycles. The third kappa shape index (κ3) is 3.00. The van der Waals surface area contributed by atoms with E-state index < -0.39 is 17.8 Å². The van der Waals surface area contributed by atoms with Crippen molar-refractivity contribution in [3.8, 4) is 0 Å².